The van der Waals surface area contributed by atoms with Crippen molar-refractivity contribution in [3.63, 3.8) is 0 Å². The Bertz CT molecular complexity index is 1530. The molecule has 0 N–H and O–H groups in total. The molecule has 0 aromatic heterocycles. The van der Waals surface area contributed by atoms with Crippen LogP contribution in [0.5, 0.6) is 17.2 Å². The zero-order chi connectivity index (χ0) is 27.2. The summed E-state index contributed by atoms with van der Waals surface area (Å²) in [5, 5.41) is 1.91. The second-order valence-corrected chi connectivity index (χ2v) is 9.70. The predicted molar refractivity (Wildman–Crippen MR) is 150 cm³/mol. The molecule has 0 unspecified atom stereocenters. The van der Waals surface area contributed by atoms with Crippen LogP contribution < -0.4 is 14.2 Å². The molecule has 2 amide bonds. The monoisotopic (exact) mass is 543 g/mol. The van der Waals surface area contributed by atoms with E-state index in [0.29, 0.717) is 40.9 Å². The molecular weight excluding hydrogens is 517 g/mol. The van der Waals surface area contributed by atoms with Gasteiger partial charge in [0.1, 0.15) is 24.8 Å². The molecule has 0 spiro atoms. The first-order chi connectivity index (χ1) is 19.0. The van der Waals surface area contributed by atoms with Crippen molar-refractivity contribution in [3.05, 3.63) is 107 Å². The lowest BCUT2D eigenvalue weighted by molar-refractivity contribution is -0.123. The molecule has 5 rings (SSSR count). The molecule has 4 aromatic rings. The van der Waals surface area contributed by atoms with Crippen LogP contribution in [0.2, 0.25) is 0 Å². The molecule has 0 atom stereocenters. The van der Waals surface area contributed by atoms with Crippen LogP contribution in [0.25, 0.3) is 16.8 Å². The van der Waals surface area contributed by atoms with Gasteiger partial charge in [0.25, 0.3) is 11.1 Å². The van der Waals surface area contributed by atoms with E-state index in [9.17, 15) is 14.0 Å². The van der Waals surface area contributed by atoms with E-state index in [1.807, 2.05) is 43.3 Å². The second-order valence-electron chi connectivity index (χ2n) is 8.70. The molecule has 1 heterocycles. The van der Waals surface area contributed by atoms with E-state index in [4.69, 9.17) is 14.2 Å². The summed E-state index contributed by atoms with van der Waals surface area (Å²) in [4.78, 5) is 26.9. The number of ether oxygens (including phenoxy) is 3. The van der Waals surface area contributed by atoms with Gasteiger partial charge in [-0.2, -0.15) is 0 Å². The van der Waals surface area contributed by atoms with E-state index in [1.54, 1.807) is 12.1 Å². The van der Waals surface area contributed by atoms with Gasteiger partial charge in [-0.25, -0.2) is 4.39 Å². The normalized spacial score (nSPS) is 14.3. The quantitative estimate of drug-likeness (QED) is 0.199. The fraction of sp³-hybridized carbons (Fsp3) is 0.161. The molecule has 0 saturated carbocycles. The van der Waals surface area contributed by atoms with Gasteiger partial charge in [0.15, 0.2) is 11.5 Å². The van der Waals surface area contributed by atoms with Gasteiger partial charge < -0.3 is 14.2 Å². The number of thioether (sulfide) groups is 1. The van der Waals surface area contributed by atoms with Gasteiger partial charge in [-0.15, -0.1) is 0 Å². The van der Waals surface area contributed by atoms with E-state index in [2.05, 4.69) is 18.2 Å². The summed E-state index contributed by atoms with van der Waals surface area (Å²) in [6.45, 7) is 2.90. The zero-order valence-electron chi connectivity index (χ0n) is 21.3. The topological polar surface area (TPSA) is 65.1 Å². The zero-order valence-corrected chi connectivity index (χ0v) is 22.1. The third-order valence-electron chi connectivity index (χ3n) is 6.10. The summed E-state index contributed by atoms with van der Waals surface area (Å²) >= 11 is 0.878. The molecular formula is C31H26FNO5S. The third kappa shape index (κ3) is 6.23. The number of fused-ring (bicyclic) bond motifs is 1. The highest BCUT2D eigenvalue weighted by atomic mass is 32.2. The Kier molecular flexibility index (Phi) is 8.13. The van der Waals surface area contributed by atoms with Crippen LogP contribution in [-0.2, 0) is 11.4 Å². The molecule has 8 heteroatoms. The maximum Gasteiger partial charge on any atom is 0.293 e. The van der Waals surface area contributed by atoms with Crippen molar-refractivity contribution < 1.29 is 28.2 Å². The number of hydrogen-bond acceptors (Lipinski definition) is 6. The number of carbonyl (C=O) groups is 2. The fourth-order valence-corrected chi connectivity index (χ4v) is 5.07. The lowest BCUT2D eigenvalue weighted by atomic mass is 10.1. The Morgan fingerprint density at radius 3 is 2.49 bits per heavy atom. The van der Waals surface area contributed by atoms with E-state index >= 15 is 0 Å². The molecule has 0 aliphatic carbocycles. The van der Waals surface area contributed by atoms with Gasteiger partial charge in [-0.3, -0.25) is 14.5 Å². The van der Waals surface area contributed by atoms with Gasteiger partial charge in [-0.05, 0) is 83.1 Å². The Morgan fingerprint density at radius 1 is 0.872 bits per heavy atom. The predicted octanol–water partition coefficient (Wildman–Crippen LogP) is 7.07. The number of halogens is 1. The summed E-state index contributed by atoms with van der Waals surface area (Å²) in [6.07, 6.45) is 1.67. The number of imide groups is 1. The molecule has 6 nitrogen and oxygen atoms in total. The molecule has 4 aromatic carbocycles. The standard InChI is InChI=1S/C31H26FNO5S/c1-2-36-28-18-21(10-15-27(28)38-20-23-8-5-7-22-6-3-4-9-26(22)23)19-29-30(34)33(31(35)39-29)16-17-37-25-13-11-24(32)12-14-25/h3-15,18-19H,2,16-17,20H2,1H3/b29-19-. The van der Waals surface area contributed by atoms with Crippen molar-refractivity contribution >= 4 is 39.8 Å². The summed E-state index contributed by atoms with van der Waals surface area (Å²) in [5.41, 5.74) is 1.78. The van der Waals surface area contributed by atoms with Crippen molar-refractivity contribution in [1.29, 1.82) is 0 Å². The molecule has 1 aliphatic heterocycles. The minimum atomic E-state index is -0.387. The maximum absolute atomic E-state index is 13.1. The molecule has 0 bridgehead atoms. The highest BCUT2D eigenvalue weighted by Gasteiger charge is 2.34. The van der Waals surface area contributed by atoms with Crippen LogP contribution in [0.1, 0.15) is 18.1 Å². The second kappa shape index (κ2) is 12.0. The number of amides is 2. The molecule has 39 heavy (non-hydrogen) atoms. The SMILES string of the molecule is CCOc1cc(/C=C2\SC(=O)N(CCOc3ccc(F)cc3)C2=O)ccc1OCc1cccc2ccccc12. The van der Waals surface area contributed by atoms with Crippen LogP contribution in [0.4, 0.5) is 9.18 Å². The summed E-state index contributed by atoms with van der Waals surface area (Å²) < 4.78 is 30.6. The highest BCUT2D eigenvalue weighted by Crippen LogP contribution is 2.35. The molecule has 1 aliphatic rings. The minimum absolute atomic E-state index is 0.0878. The third-order valence-corrected chi connectivity index (χ3v) is 7.01. The van der Waals surface area contributed by atoms with E-state index < -0.39 is 0 Å². The number of hydrogen-bond donors (Lipinski definition) is 0. The van der Waals surface area contributed by atoms with Gasteiger partial charge in [0.2, 0.25) is 0 Å². The Balaban J connectivity index is 1.26. The summed E-state index contributed by atoms with van der Waals surface area (Å²) in [6, 6.07) is 25.3. The summed E-state index contributed by atoms with van der Waals surface area (Å²) in [7, 11) is 0. The van der Waals surface area contributed by atoms with Crippen LogP contribution in [0.3, 0.4) is 0 Å². The number of benzene rings is 4. The fourth-order valence-electron chi connectivity index (χ4n) is 4.21. The maximum atomic E-state index is 13.1. The van der Waals surface area contributed by atoms with Crippen LogP contribution in [-0.4, -0.2) is 35.8 Å². The molecule has 0 radical (unpaired) electrons. The van der Waals surface area contributed by atoms with Crippen LogP contribution >= 0.6 is 11.8 Å². The highest BCUT2D eigenvalue weighted by molar-refractivity contribution is 8.18. The van der Waals surface area contributed by atoms with Crippen molar-refractivity contribution in [1.82, 2.24) is 4.90 Å². The van der Waals surface area contributed by atoms with Crippen LogP contribution in [0, 0.1) is 5.82 Å². The van der Waals surface area contributed by atoms with Crippen molar-refractivity contribution in [3.8, 4) is 17.2 Å². The van der Waals surface area contributed by atoms with Crippen molar-refractivity contribution in [2.24, 2.45) is 0 Å². The first-order valence-electron chi connectivity index (χ1n) is 12.5. The molecule has 198 valence electrons. The van der Waals surface area contributed by atoms with Gasteiger partial charge in [0.05, 0.1) is 18.1 Å². The van der Waals surface area contributed by atoms with Gasteiger partial charge in [-0.1, -0.05) is 48.5 Å². The number of carbonyl (C=O) groups excluding carboxylic acids is 2. The Hall–Kier alpha value is -4.30. The largest absolute Gasteiger partial charge is 0.492 e. The van der Waals surface area contributed by atoms with E-state index in [0.717, 1.165) is 33.0 Å². The number of rotatable bonds is 10. The minimum Gasteiger partial charge on any atom is -0.492 e. The summed E-state index contributed by atoms with van der Waals surface area (Å²) in [5.74, 6) is 0.855. The number of nitrogens with zero attached hydrogens (tertiary/aromatic N) is 1. The van der Waals surface area contributed by atoms with E-state index in [1.165, 1.54) is 24.3 Å². The Labute approximate surface area is 230 Å². The smallest absolute Gasteiger partial charge is 0.293 e. The van der Waals surface area contributed by atoms with Crippen molar-refractivity contribution in [2.45, 2.75) is 13.5 Å². The lowest BCUT2D eigenvalue weighted by Gasteiger charge is -2.14. The molecule has 1 fully saturated rings. The van der Waals surface area contributed by atoms with Gasteiger partial charge in [0, 0.05) is 0 Å². The first-order valence-corrected chi connectivity index (χ1v) is 13.3. The van der Waals surface area contributed by atoms with Gasteiger partial charge >= 0.3 is 0 Å². The molecule has 1 saturated heterocycles. The Morgan fingerprint density at radius 2 is 1.67 bits per heavy atom. The lowest BCUT2D eigenvalue weighted by Crippen LogP contribution is -2.32. The first kappa shape index (κ1) is 26.3. The van der Waals surface area contributed by atoms with E-state index in [-0.39, 0.29) is 30.1 Å². The average molecular weight is 544 g/mol. The average Bonchev–Trinajstić information content (AvgIpc) is 3.21. The van der Waals surface area contributed by atoms with Crippen molar-refractivity contribution in [2.75, 3.05) is 19.8 Å². The van der Waals surface area contributed by atoms with Crippen LogP contribution in [0.15, 0.2) is 89.8 Å².